The Morgan fingerprint density at radius 1 is 0.818 bits per heavy atom. The molecule has 0 N–H and O–H groups in total. The molecule has 0 bridgehead atoms. The zero-order valence-corrected chi connectivity index (χ0v) is 12.7. The summed E-state index contributed by atoms with van der Waals surface area (Å²) < 4.78 is 0. The van der Waals surface area contributed by atoms with E-state index >= 15 is 0 Å². The maximum Gasteiger partial charge on any atom is 0.266 e. The van der Waals surface area contributed by atoms with Crippen molar-refractivity contribution in [3.05, 3.63) is 65.2 Å². The predicted molar refractivity (Wildman–Crippen MR) is 87.3 cm³/mol. The van der Waals surface area contributed by atoms with Crippen molar-refractivity contribution in [3.63, 3.8) is 0 Å². The lowest BCUT2D eigenvalue weighted by molar-refractivity contribution is 0.0926. The maximum atomic E-state index is 12.4. The molecule has 3 nitrogen and oxygen atoms in total. The minimum Gasteiger partial charge on any atom is -0.268 e. The van der Waals surface area contributed by atoms with Crippen LogP contribution < -0.4 is 4.90 Å². The van der Waals surface area contributed by atoms with Gasteiger partial charge in [-0.05, 0) is 42.7 Å². The van der Waals surface area contributed by atoms with Gasteiger partial charge < -0.3 is 0 Å². The molecule has 0 atom stereocenters. The molecule has 2 amide bonds. The van der Waals surface area contributed by atoms with E-state index in [9.17, 15) is 9.59 Å². The van der Waals surface area contributed by atoms with E-state index in [4.69, 9.17) is 0 Å². The van der Waals surface area contributed by atoms with E-state index in [0.717, 1.165) is 6.42 Å². The van der Waals surface area contributed by atoms with Crippen molar-refractivity contribution in [2.24, 2.45) is 0 Å². The number of carbonyl (C=O) groups excluding carboxylic acids is 2. The highest BCUT2D eigenvalue weighted by Gasteiger charge is 2.36. The molecule has 0 spiro atoms. The molecular formula is C19H19NO2. The summed E-state index contributed by atoms with van der Waals surface area (Å²) in [6, 6.07) is 14.7. The predicted octanol–water partition coefficient (Wildman–Crippen LogP) is 4.22. The van der Waals surface area contributed by atoms with Crippen molar-refractivity contribution in [3.8, 4) is 0 Å². The standard InChI is InChI=1S/C19H19NO2/c1-2-3-4-7-14-10-12-15(13-11-14)20-18(21)16-8-5-6-9-17(16)19(20)22/h5-6,8-13H,2-4,7H2,1H3. The van der Waals surface area contributed by atoms with Crippen molar-refractivity contribution < 1.29 is 9.59 Å². The molecule has 1 aliphatic rings. The minimum absolute atomic E-state index is 0.237. The molecule has 2 aromatic rings. The van der Waals surface area contributed by atoms with Crippen LogP contribution >= 0.6 is 0 Å². The molecule has 0 radical (unpaired) electrons. The van der Waals surface area contributed by atoms with Gasteiger partial charge in [0.25, 0.3) is 11.8 Å². The number of carbonyl (C=O) groups is 2. The Morgan fingerprint density at radius 3 is 1.95 bits per heavy atom. The quantitative estimate of drug-likeness (QED) is 0.611. The third-order valence-corrected chi connectivity index (χ3v) is 4.06. The van der Waals surface area contributed by atoms with E-state index in [1.807, 2.05) is 24.3 Å². The average molecular weight is 293 g/mol. The third-order valence-electron chi connectivity index (χ3n) is 4.06. The van der Waals surface area contributed by atoms with Crippen molar-refractivity contribution in [1.29, 1.82) is 0 Å². The fourth-order valence-electron chi connectivity index (χ4n) is 2.81. The Labute approximate surface area is 130 Å². The second-order valence-corrected chi connectivity index (χ2v) is 5.61. The molecule has 3 heteroatoms. The van der Waals surface area contributed by atoms with Crippen molar-refractivity contribution >= 4 is 17.5 Å². The highest BCUT2D eigenvalue weighted by atomic mass is 16.2. The van der Waals surface area contributed by atoms with Crippen LogP contribution in [0.4, 0.5) is 5.69 Å². The lowest BCUT2D eigenvalue weighted by Gasteiger charge is -2.14. The number of aryl methyl sites for hydroxylation is 1. The van der Waals surface area contributed by atoms with Crippen LogP contribution in [-0.2, 0) is 6.42 Å². The van der Waals surface area contributed by atoms with E-state index in [0.29, 0.717) is 16.8 Å². The van der Waals surface area contributed by atoms with E-state index in [1.165, 1.54) is 29.7 Å². The van der Waals surface area contributed by atoms with Crippen LogP contribution in [0.3, 0.4) is 0 Å². The smallest absolute Gasteiger partial charge is 0.266 e. The first-order chi connectivity index (χ1) is 10.7. The zero-order chi connectivity index (χ0) is 15.5. The summed E-state index contributed by atoms with van der Waals surface area (Å²) in [6.07, 6.45) is 4.63. The van der Waals surface area contributed by atoms with Gasteiger partial charge in [0, 0.05) is 0 Å². The van der Waals surface area contributed by atoms with Gasteiger partial charge in [-0.15, -0.1) is 0 Å². The number of fused-ring (bicyclic) bond motifs is 1. The molecule has 0 saturated heterocycles. The first kappa shape index (κ1) is 14.5. The van der Waals surface area contributed by atoms with Crippen molar-refractivity contribution in [1.82, 2.24) is 0 Å². The number of hydrogen-bond donors (Lipinski definition) is 0. The van der Waals surface area contributed by atoms with Gasteiger partial charge in [-0.1, -0.05) is 44.0 Å². The van der Waals surface area contributed by atoms with Gasteiger partial charge >= 0.3 is 0 Å². The summed E-state index contributed by atoms with van der Waals surface area (Å²) in [5.74, 6) is -0.473. The van der Waals surface area contributed by atoms with Crippen LogP contribution in [0.5, 0.6) is 0 Å². The number of unbranched alkanes of at least 4 members (excludes halogenated alkanes) is 2. The van der Waals surface area contributed by atoms with E-state index in [-0.39, 0.29) is 11.8 Å². The molecule has 0 aliphatic carbocycles. The van der Waals surface area contributed by atoms with Gasteiger partial charge in [0.05, 0.1) is 16.8 Å². The maximum absolute atomic E-state index is 12.4. The van der Waals surface area contributed by atoms with Gasteiger partial charge in [-0.3, -0.25) is 9.59 Å². The summed E-state index contributed by atoms with van der Waals surface area (Å²) in [7, 11) is 0. The second-order valence-electron chi connectivity index (χ2n) is 5.61. The van der Waals surface area contributed by atoms with Gasteiger partial charge in [0.1, 0.15) is 0 Å². The van der Waals surface area contributed by atoms with Crippen LogP contribution in [0.2, 0.25) is 0 Å². The van der Waals surface area contributed by atoms with Crippen LogP contribution in [0.25, 0.3) is 0 Å². The first-order valence-corrected chi connectivity index (χ1v) is 7.79. The molecule has 0 saturated carbocycles. The topological polar surface area (TPSA) is 37.4 Å². The molecule has 3 rings (SSSR count). The molecule has 2 aromatic carbocycles. The highest BCUT2D eigenvalue weighted by molar-refractivity contribution is 6.34. The number of anilines is 1. The van der Waals surface area contributed by atoms with Crippen molar-refractivity contribution in [2.45, 2.75) is 32.6 Å². The summed E-state index contributed by atoms with van der Waals surface area (Å²) in [6.45, 7) is 2.19. The SMILES string of the molecule is CCCCCc1ccc(N2C(=O)c3ccccc3C2=O)cc1. The van der Waals surface area contributed by atoms with E-state index in [1.54, 1.807) is 24.3 Å². The molecule has 1 heterocycles. The Kier molecular flexibility index (Phi) is 4.05. The van der Waals surface area contributed by atoms with Gasteiger partial charge in [-0.2, -0.15) is 0 Å². The number of imide groups is 1. The number of benzene rings is 2. The minimum atomic E-state index is -0.237. The van der Waals surface area contributed by atoms with Gasteiger partial charge in [0.15, 0.2) is 0 Å². The van der Waals surface area contributed by atoms with Gasteiger partial charge in [0.2, 0.25) is 0 Å². The molecule has 22 heavy (non-hydrogen) atoms. The van der Waals surface area contributed by atoms with E-state index in [2.05, 4.69) is 6.92 Å². The van der Waals surface area contributed by atoms with Crippen LogP contribution in [0, 0.1) is 0 Å². The lowest BCUT2D eigenvalue weighted by atomic mass is 10.1. The van der Waals surface area contributed by atoms with E-state index < -0.39 is 0 Å². The molecule has 0 aromatic heterocycles. The fourth-order valence-corrected chi connectivity index (χ4v) is 2.81. The van der Waals surface area contributed by atoms with Crippen molar-refractivity contribution in [2.75, 3.05) is 4.90 Å². The van der Waals surface area contributed by atoms with Crippen LogP contribution in [-0.4, -0.2) is 11.8 Å². The Bertz CT molecular complexity index is 669. The number of nitrogens with zero attached hydrogens (tertiary/aromatic N) is 1. The van der Waals surface area contributed by atoms with Crippen LogP contribution in [0.1, 0.15) is 52.5 Å². The largest absolute Gasteiger partial charge is 0.268 e. The summed E-state index contributed by atoms with van der Waals surface area (Å²) in [4.78, 5) is 26.1. The normalized spacial score (nSPS) is 13.6. The lowest BCUT2D eigenvalue weighted by Crippen LogP contribution is -2.29. The second kappa shape index (κ2) is 6.14. The number of rotatable bonds is 5. The monoisotopic (exact) mass is 293 g/mol. The zero-order valence-electron chi connectivity index (χ0n) is 12.7. The number of amides is 2. The number of hydrogen-bond acceptors (Lipinski definition) is 2. The molecular weight excluding hydrogens is 274 g/mol. The van der Waals surface area contributed by atoms with Gasteiger partial charge in [-0.25, -0.2) is 4.90 Å². The average Bonchev–Trinajstić information content (AvgIpc) is 2.81. The highest BCUT2D eigenvalue weighted by Crippen LogP contribution is 2.28. The van der Waals surface area contributed by atoms with Crippen LogP contribution in [0.15, 0.2) is 48.5 Å². The first-order valence-electron chi connectivity index (χ1n) is 7.79. The summed E-state index contributed by atoms with van der Waals surface area (Å²) >= 11 is 0. The fraction of sp³-hybridized carbons (Fsp3) is 0.263. The summed E-state index contributed by atoms with van der Waals surface area (Å²) in [5.41, 5.74) is 2.86. The Balaban J connectivity index is 1.81. The molecule has 0 fully saturated rings. The summed E-state index contributed by atoms with van der Waals surface area (Å²) in [5, 5.41) is 0. The molecule has 0 unspecified atom stereocenters. The molecule has 112 valence electrons. The third kappa shape index (κ3) is 2.54. The Hall–Kier alpha value is -2.42. The molecule has 1 aliphatic heterocycles. The Morgan fingerprint density at radius 2 is 1.41 bits per heavy atom.